The van der Waals surface area contributed by atoms with Crippen molar-refractivity contribution in [2.24, 2.45) is 11.8 Å². The highest BCUT2D eigenvalue weighted by molar-refractivity contribution is 6.41. The summed E-state index contributed by atoms with van der Waals surface area (Å²) in [6.07, 6.45) is 6.60. The zero-order valence-corrected chi connectivity index (χ0v) is 10.9. The van der Waals surface area contributed by atoms with Gasteiger partial charge in [0.15, 0.2) is 0 Å². The second-order valence-corrected chi connectivity index (χ2v) is 5.52. The first-order valence-corrected chi connectivity index (χ1v) is 6.73. The molecule has 0 radical (unpaired) electrons. The van der Waals surface area contributed by atoms with Crippen molar-refractivity contribution >= 4 is 28.8 Å². The van der Waals surface area contributed by atoms with Gasteiger partial charge in [-0.2, -0.15) is 0 Å². The van der Waals surface area contributed by atoms with E-state index in [1.807, 2.05) is 12.3 Å². The quantitative estimate of drug-likeness (QED) is 0.790. The number of nitrogens with one attached hydrogen (secondary N) is 1. The van der Waals surface area contributed by atoms with Crippen LogP contribution in [0.5, 0.6) is 0 Å². The molecule has 2 heterocycles. The minimum Gasteiger partial charge on any atom is -0.316 e. The average molecular weight is 269 g/mol. The van der Waals surface area contributed by atoms with Crippen LogP contribution in [0.25, 0.3) is 5.57 Å². The molecule has 0 aromatic carbocycles. The molecule has 2 aliphatic rings. The average Bonchev–Trinajstić information content (AvgIpc) is 2.80. The van der Waals surface area contributed by atoms with Crippen LogP contribution in [0.4, 0.5) is 0 Å². The molecule has 1 aliphatic carbocycles. The van der Waals surface area contributed by atoms with E-state index in [-0.39, 0.29) is 0 Å². The van der Waals surface area contributed by atoms with Crippen molar-refractivity contribution in [2.45, 2.75) is 12.8 Å². The van der Waals surface area contributed by atoms with Crippen molar-refractivity contribution in [2.75, 3.05) is 13.1 Å². The SMILES string of the molecule is Clc1cc(C2=CCCC3CNCC23)cnc1Cl. The molecule has 17 heavy (non-hydrogen) atoms. The fourth-order valence-corrected chi connectivity index (χ4v) is 3.19. The summed E-state index contributed by atoms with van der Waals surface area (Å²) in [6.45, 7) is 2.20. The maximum Gasteiger partial charge on any atom is 0.147 e. The minimum atomic E-state index is 0.382. The number of hydrogen-bond acceptors (Lipinski definition) is 2. The second kappa shape index (κ2) is 4.60. The van der Waals surface area contributed by atoms with Gasteiger partial charge < -0.3 is 5.32 Å². The van der Waals surface area contributed by atoms with Gasteiger partial charge in [-0.1, -0.05) is 29.3 Å². The van der Waals surface area contributed by atoms with E-state index in [0.717, 1.165) is 31.0 Å². The van der Waals surface area contributed by atoms with Crippen LogP contribution < -0.4 is 5.32 Å². The molecule has 0 saturated carbocycles. The van der Waals surface area contributed by atoms with Crippen molar-refractivity contribution in [3.63, 3.8) is 0 Å². The number of halogens is 2. The lowest BCUT2D eigenvalue weighted by atomic mass is 9.78. The van der Waals surface area contributed by atoms with Gasteiger partial charge in [0.25, 0.3) is 0 Å². The maximum absolute atomic E-state index is 6.04. The smallest absolute Gasteiger partial charge is 0.147 e. The third-order valence-electron chi connectivity index (χ3n) is 3.77. The van der Waals surface area contributed by atoms with Gasteiger partial charge in [0.2, 0.25) is 0 Å². The number of fused-ring (bicyclic) bond motifs is 1. The van der Waals surface area contributed by atoms with Gasteiger partial charge in [-0.05, 0) is 42.5 Å². The standard InChI is InChI=1S/C13H14Cl2N2/c14-12-4-9(6-17-13(12)15)10-3-1-2-8-5-16-7-11(8)10/h3-4,6,8,11,16H,1-2,5,7H2. The predicted octanol–water partition coefficient (Wildman–Crippen LogP) is 3.40. The van der Waals surface area contributed by atoms with Crippen molar-refractivity contribution in [3.8, 4) is 0 Å². The van der Waals surface area contributed by atoms with Gasteiger partial charge in [0.1, 0.15) is 5.15 Å². The molecule has 1 fully saturated rings. The van der Waals surface area contributed by atoms with E-state index in [9.17, 15) is 0 Å². The van der Waals surface area contributed by atoms with Crippen LogP contribution in [0.15, 0.2) is 18.3 Å². The van der Waals surface area contributed by atoms with E-state index < -0.39 is 0 Å². The Bertz CT molecular complexity index is 470. The summed E-state index contributed by atoms with van der Waals surface area (Å²) < 4.78 is 0. The Morgan fingerprint density at radius 3 is 3.00 bits per heavy atom. The summed E-state index contributed by atoms with van der Waals surface area (Å²) >= 11 is 11.9. The number of aromatic nitrogens is 1. The molecule has 1 aromatic heterocycles. The summed E-state index contributed by atoms with van der Waals surface area (Å²) in [6, 6.07) is 1.93. The second-order valence-electron chi connectivity index (χ2n) is 4.76. The summed E-state index contributed by atoms with van der Waals surface area (Å²) in [4.78, 5) is 4.14. The molecule has 1 saturated heterocycles. The first-order chi connectivity index (χ1) is 8.25. The monoisotopic (exact) mass is 268 g/mol. The number of rotatable bonds is 1. The van der Waals surface area contributed by atoms with Crippen LogP contribution in [0.2, 0.25) is 10.2 Å². The zero-order chi connectivity index (χ0) is 11.8. The summed E-state index contributed by atoms with van der Waals surface area (Å²) in [5, 5.41) is 4.39. The summed E-state index contributed by atoms with van der Waals surface area (Å²) in [7, 11) is 0. The summed E-state index contributed by atoms with van der Waals surface area (Å²) in [5.74, 6) is 1.38. The predicted molar refractivity (Wildman–Crippen MR) is 71.3 cm³/mol. The molecule has 0 bridgehead atoms. The van der Waals surface area contributed by atoms with Crippen LogP contribution in [0.1, 0.15) is 18.4 Å². The van der Waals surface area contributed by atoms with Crippen LogP contribution >= 0.6 is 23.2 Å². The minimum absolute atomic E-state index is 0.382. The van der Waals surface area contributed by atoms with Crippen LogP contribution in [-0.2, 0) is 0 Å². The van der Waals surface area contributed by atoms with E-state index in [0.29, 0.717) is 16.1 Å². The molecule has 4 heteroatoms. The molecule has 0 amide bonds. The fraction of sp³-hybridized carbons (Fsp3) is 0.462. The van der Waals surface area contributed by atoms with Gasteiger partial charge >= 0.3 is 0 Å². The molecule has 1 aliphatic heterocycles. The van der Waals surface area contributed by atoms with Gasteiger partial charge in [-0.25, -0.2) is 4.98 Å². The van der Waals surface area contributed by atoms with Crippen LogP contribution in [-0.4, -0.2) is 18.1 Å². The Balaban J connectivity index is 1.97. The Labute approximate surface area is 111 Å². The van der Waals surface area contributed by atoms with Gasteiger partial charge in [-0.3, -0.25) is 0 Å². The maximum atomic E-state index is 6.04. The van der Waals surface area contributed by atoms with Crippen LogP contribution in [0.3, 0.4) is 0 Å². The molecule has 0 spiro atoms. The third-order valence-corrected chi connectivity index (χ3v) is 4.46. The third kappa shape index (κ3) is 2.10. The number of pyridine rings is 1. The number of allylic oxidation sites excluding steroid dienone is 1. The fourth-order valence-electron chi connectivity index (χ4n) is 2.92. The number of hydrogen-bond donors (Lipinski definition) is 1. The Morgan fingerprint density at radius 2 is 2.18 bits per heavy atom. The molecule has 90 valence electrons. The highest BCUT2D eigenvalue weighted by atomic mass is 35.5. The molecule has 1 aromatic rings. The van der Waals surface area contributed by atoms with Gasteiger partial charge in [-0.15, -0.1) is 0 Å². The molecule has 2 unspecified atom stereocenters. The molecule has 3 rings (SSSR count). The van der Waals surface area contributed by atoms with Crippen molar-refractivity contribution < 1.29 is 0 Å². The highest BCUT2D eigenvalue weighted by Crippen LogP contribution is 2.39. The largest absolute Gasteiger partial charge is 0.316 e. The topological polar surface area (TPSA) is 24.9 Å². The number of nitrogens with zero attached hydrogens (tertiary/aromatic N) is 1. The Hall–Kier alpha value is -0.570. The van der Waals surface area contributed by atoms with Crippen molar-refractivity contribution in [3.05, 3.63) is 34.1 Å². The normalized spacial score (nSPS) is 27.8. The van der Waals surface area contributed by atoms with E-state index in [4.69, 9.17) is 23.2 Å². The molecular formula is C13H14Cl2N2. The van der Waals surface area contributed by atoms with Crippen molar-refractivity contribution in [1.82, 2.24) is 10.3 Å². The first kappa shape index (κ1) is 11.5. The lowest BCUT2D eigenvalue weighted by molar-refractivity contribution is 0.454. The molecule has 2 nitrogen and oxygen atoms in total. The Kier molecular flexibility index (Phi) is 3.12. The lowest BCUT2D eigenvalue weighted by Gasteiger charge is -2.26. The summed E-state index contributed by atoms with van der Waals surface area (Å²) in [5.41, 5.74) is 2.51. The van der Waals surface area contributed by atoms with Crippen molar-refractivity contribution in [1.29, 1.82) is 0 Å². The zero-order valence-electron chi connectivity index (χ0n) is 9.42. The first-order valence-electron chi connectivity index (χ1n) is 5.98. The van der Waals surface area contributed by atoms with E-state index in [1.54, 1.807) is 0 Å². The van der Waals surface area contributed by atoms with E-state index >= 15 is 0 Å². The van der Waals surface area contributed by atoms with Gasteiger partial charge in [0.05, 0.1) is 5.02 Å². The van der Waals surface area contributed by atoms with Crippen LogP contribution in [0, 0.1) is 11.8 Å². The van der Waals surface area contributed by atoms with Gasteiger partial charge in [0, 0.05) is 18.7 Å². The molecule has 1 N–H and O–H groups in total. The van der Waals surface area contributed by atoms with E-state index in [1.165, 1.54) is 12.0 Å². The Morgan fingerprint density at radius 1 is 1.29 bits per heavy atom. The highest BCUT2D eigenvalue weighted by Gasteiger charge is 2.32. The molecular weight excluding hydrogens is 255 g/mol. The molecule has 2 atom stereocenters. The van der Waals surface area contributed by atoms with E-state index in [2.05, 4.69) is 16.4 Å². The lowest BCUT2D eigenvalue weighted by Crippen LogP contribution is -2.17.